The molecule has 0 saturated heterocycles. The molecular formula is C38H20N2. The van der Waals surface area contributed by atoms with Crippen LogP contribution in [0.25, 0.3) is 99.0 Å². The predicted molar refractivity (Wildman–Crippen MR) is 166 cm³/mol. The fraction of sp³-hybridized carbons (Fsp3) is 0. The van der Waals surface area contributed by atoms with Crippen LogP contribution in [-0.2, 0) is 0 Å². The normalized spacial score (nSPS) is 12.5. The van der Waals surface area contributed by atoms with Crippen molar-refractivity contribution in [3.05, 3.63) is 122 Å². The zero-order valence-corrected chi connectivity index (χ0v) is 21.4. The number of hydrogen-bond donors (Lipinski definition) is 0. The number of fused-ring (bicyclic) bond motifs is 10. The summed E-state index contributed by atoms with van der Waals surface area (Å²) in [5.41, 5.74) is 12.3. The summed E-state index contributed by atoms with van der Waals surface area (Å²) >= 11 is 0. The van der Waals surface area contributed by atoms with E-state index in [-0.39, 0.29) is 0 Å². The molecule has 2 heteroatoms. The van der Waals surface area contributed by atoms with E-state index in [0.29, 0.717) is 0 Å². The molecule has 6 aromatic carbocycles. The topological polar surface area (TPSA) is 25.8 Å². The van der Waals surface area contributed by atoms with Gasteiger partial charge in [-0.3, -0.25) is 9.97 Å². The highest BCUT2D eigenvalue weighted by atomic mass is 14.7. The first-order chi connectivity index (χ1) is 19.9. The molecule has 182 valence electrons. The van der Waals surface area contributed by atoms with Gasteiger partial charge in [-0.1, -0.05) is 97.1 Å². The van der Waals surface area contributed by atoms with Gasteiger partial charge in [0.1, 0.15) is 0 Å². The number of hydrogen-bond acceptors (Lipinski definition) is 2. The second-order valence-electron chi connectivity index (χ2n) is 10.8. The molecule has 10 rings (SSSR count). The zero-order valence-electron chi connectivity index (χ0n) is 21.4. The summed E-state index contributed by atoms with van der Waals surface area (Å²) in [5.74, 6) is 0. The fourth-order valence-corrected chi connectivity index (χ4v) is 7.58. The Kier molecular flexibility index (Phi) is 3.70. The van der Waals surface area contributed by atoms with Gasteiger partial charge < -0.3 is 0 Å². The monoisotopic (exact) mass is 504 g/mol. The fourth-order valence-electron chi connectivity index (χ4n) is 7.58. The smallest absolute Gasteiger partial charge is 0.0793 e. The van der Waals surface area contributed by atoms with Crippen LogP contribution in [0.3, 0.4) is 0 Å². The van der Waals surface area contributed by atoms with Crippen molar-refractivity contribution in [2.24, 2.45) is 0 Å². The Labute approximate surface area is 230 Å². The third kappa shape index (κ3) is 2.33. The highest BCUT2D eigenvalue weighted by Crippen LogP contribution is 2.57. The van der Waals surface area contributed by atoms with Gasteiger partial charge >= 0.3 is 0 Å². The molecule has 0 saturated carbocycles. The first-order valence-corrected chi connectivity index (χ1v) is 13.8. The molecule has 0 unspecified atom stereocenters. The molecule has 2 aliphatic carbocycles. The van der Waals surface area contributed by atoms with E-state index in [1.165, 1.54) is 87.6 Å². The lowest BCUT2D eigenvalue weighted by molar-refractivity contribution is 1.35. The van der Waals surface area contributed by atoms with Gasteiger partial charge in [0, 0.05) is 45.4 Å². The molecule has 0 bridgehead atoms. The van der Waals surface area contributed by atoms with Gasteiger partial charge in [-0.05, 0) is 66.7 Å². The van der Waals surface area contributed by atoms with Crippen LogP contribution < -0.4 is 0 Å². The second-order valence-corrected chi connectivity index (χ2v) is 10.8. The highest BCUT2D eigenvalue weighted by Gasteiger charge is 2.31. The minimum atomic E-state index is 1.09. The third-order valence-corrected chi connectivity index (χ3v) is 9.02. The summed E-state index contributed by atoms with van der Waals surface area (Å²) in [6, 6.07) is 39.9. The number of pyridine rings is 2. The van der Waals surface area contributed by atoms with Gasteiger partial charge in [0.15, 0.2) is 0 Å². The maximum atomic E-state index is 4.90. The van der Waals surface area contributed by atoms with Crippen molar-refractivity contribution in [2.45, 2.75) is 0 Å². The van der Waals surface area contributed by atoms with Gasteiger partial charge in [-0.15, -0.1) is 0 Å². The van der Waals surface area contributed by atoms with Crippen molar-refractivity contribution >= 4 is 43.1 Å². The van der Waals surface area contributed by atoms with Crippen molar-refractivity contribution in [2.75, 3.05) is 0 Å². The lowest BCUT2D eigenvalue weighted by atomic mass is 9.83. The Balaban J connectivity index is 1.49. The van der Waals surface area contributed by atoms with Crippen LogP contribution >= 0.6 is 0 Å². The minimum Gasteiger partial charge on any atom is -0.256 e. The van der Waals surface area contributed by atoms with E-state index in [2.05, 4.69) is 109 Å². The van der Waals surface area contributed by atoms with Crippen LogP contribution in [0.2, 0.25) is 0 Å². The Morgan fingerprint density at radius 1 is 0.300 bits per heavy atom. The molecule has 0 spiro atoms. The molecule has 40 heavy (non-hydrogen) atoms. The van der Waals surface area contributed by atoms with Crippen LogP contribution in [0.1, 0.15) is 0 Å². The Hall–Kier alpha value is -5.34. The lowest BCUT2D eigenvalue weighted by Crippen LogP contribution is -1.93. The van der Waals surface area contributed by atoms with Gasteiger partial charge in [0.2, 0.25) is 0 Å². The summed E-state index contributed by atoms with van der Waals surface area (Å²) < 4.78 is 0. The average Bonchev–Trinajstić information content (AvgIpc) is 3.54. The zero-order chi connectivity index (χ0) is 25.9. The van der Waals surface area contributed by atoms with E-state index in [1.807, 2.05) is 12.4 Å². The van der Waals surface area contributed by atoms with Crippen LogP contribution in [0, 0.1) is 0 Å². The van der Waals surface area contributed by atoms with Crippen molar-refractivity contribution < 1.29 is 0 Å². The van der Waals surface area contributed by atoms with Gasteiger partial charge in [-0.25, -0.2) is 0 Å². The quantitative estimate of drug-likeness (QED) is 0.208. The van der Waals surface area contributed by atoms with E-state index < -0.39 is 0 Å². The first kappa shape index (κ1) is 20.6. The van der Waals surface area contributed by atoms with Crippen LogP contribution in [0.4, 0.5) is 0 Å². The molecule has 0 amide bonds. The SMILES string of the molecule is c1cnc2c(c1)-c1cccc3c(-c4c5ccccc5c5c6c(cccc46)-c4cccnc4-5)c4ccccc4c-2c13. The standard InChI is InChI=1S/C38H20N2/c1-3-11-23-21(9-1)31(29-15-5-13-25-27-17-7-19-39-37(27)35(23)33(25)29)32-22-10-2-4-12-24(22)36-34-26(14-6-16-30(32)34)28-18-8-20-40-38(28)36/h1-20H. The van der Waals surface area contributed by atoms with Crippen LogP contribution in [0.5, 0.6) is 0 Å². The summed E-state index contributed by atoms with van der Waals surface area (Å²) in [5, 5.41) is 10.2. The largest absolute Gasteiger partial charge is 0.256 e. The second kappa shape index (κ2) is 7.19. The lowest BCUT2D eigenvalue weighted by Gasteiger charge is -2.20. The molecule has 2 nitrogen and oxygen atoms in total. The minimum absolute atomic E-state index is 1.09. The summed E-state index contributed by atoms with van der Waals surface area (Å²) in [4.78, 5) is 9.80. The Bertz CT molecular complexity index is 2260. The van der Waals surface area contributed by atoms with E-state index in [0.717, 1.165) is 11.4 Å². The molecule has 0 atom stereocenters. The Morgan fingerprint density at radius 3 is 1.12 bits per heavy atom. The van der Waals surface area contributed by atoms with Gasteiger partial charge in [-0.2, -0.15) is 0 Å². The summed E-state index contributed by atoms with van der Waals surface area (Å²) in [6.07, 6.45) is 3.84. The van der Waals surface area contributed by atoms with Crippen molar-refractivity contribution in [3.63, 3.8) is 0 Å². The summed E-state index contributed by atoms with van der Waals surface area (Å²) in [6.45, 7) is 0. The first-order valence-electron chi connectivity index (χ1n) is 13.8. The summed E-state index contributed by atoms with van der Waals surface area (Å²) in [7, 11) is 0. The molecule has 2 aliphatic rings. The van der Waals surface area contributed by atoms with Crippen molar-refractivity contribution in [1.82, 2.24) is 9.97 Å². The van der Waals surface area contributed by atoms with Crippen molar-refractivity contribution in [3.8, 4) is 55.9 Å². The van der Waals surface area contributed by atoms with Gasteiger partial charge in [0.05, 0.1) is 11.4 Å². The van der Waals surface area contributed by atoms with Crippen molar-refractivity contribution in [1.29, 1.82) is 0 Å². The van der Waals surface area contributed by atoms with Crippen LogP contribution in [-0.4, -0.2) is 9.97 Å². The number of rotatable bonds is 1. The molecule has 0 aliphatic heterocycles. The molecule has 0 radical (unpaired) electrons. The molecule has 2 heterocycles. The number of benzene rings is 6. The number of aromatic nitrogens is 2. The van der Waals surface area contributed by atoms with Crippen LogP contribution in [0.15, 0.2) is 122 Å². The molecule has 0 N–H and O–H groups in total. The maximum absolute atomic E-state index is 4.90. The van der Waals surface area contributed by atoms with E-state index in [1.54, 1.807) is 0 Å². The third-order valence-electron chi connectivity index (χ3n) is 9.02. The maximum Gasteiger partial charge on any atom is 0.0793 e. The molecule has 0 fully saturated rings. The van der Waals surface area contributed by atoms with Gasteiger partial charge in [0.25, 0.3) is 0 Å². The van der Waals surface area contributed by atoms with E-state index in [9.17, 15) is 0 Å². The average molecular weight is 505 g/mol. The van der Waals surface area contributed by atoms with E-state index >= 15 is 0 Å². The number of nitrogens with zero attached hydrogens (tertiary/aromatic N) is 2. The molecule has 2 aromatic heterocycles. The predicted octanol–water partition coefficient (Wildman–Crippen LogP) is 10.1. The Morgan fingerprint density at radius 2 is 0.675 bits per heavy atom. The van der Waals surface area contributed by atoms with E-state index in [4.69, 9.17) is 9.97 Å². The molecular weight excluding hydrogens is 484 g/mol. The molecule has 8 aromatic rings. The highest BCUT2D eigenvalue weighted by molar-refractivity contribution is 6.35.